The fourth-order valence-corrected chi connectivity index (χ4v) is 3.36. The van der Waals surface area contributed by atoms with E-state index in [1.165, 1.54) is 64.7 Å². The van der Waals surface area contributed by atoms with Gasteiger partial charge in [0.1, 0.15) is 0 Å². The highest BCUT2D eigenvalue weighted by atomic mass is 15.2. The molecule has 1 N–H and O–H groups in total. The first-order chi connectivity index (χ1) is 8.81. The Hall–Kier alpha value is -0.590. The number of hydrogen-bond donors (Lipinski definition) is 1. The Kier molecular flexibility index (Phi) is 3.59. The van der Waals surface area contributed by atoms with Crippen molar-refractivity contribution in [2.24, 2.45) is 11.3 Å². The highest BCUT2D eigenvalue weighted by Gasteiger charge is 2.46. The molecule has 3 aliphatic rings. The van der Waals surface area contributed by atoms with Crippen molar-refractivity contribution in [3.63, 3.8) is 0 Å². The van der Waals surface area contributed by atoms with Crippen molar-refractivity contribution in [1.82, 2.24) is 10.2 Å². The summed E-state index contributed by atoms with van der Waals surface area (Å²) in [5.41, 5.74) is 0.388. The summed E-state index contributed by atoms with van der Waals surface area (Å²) in [5.74, 6) is 0.845. The Morgan fingerprint density at radius 3 is 2.67 bits per heavy atom. The Labute approximate surface area is 111 Å². The van der Waals surface area contributed by atoms with Crippen LogP contribution in [0.4, 0.5) is 0 Å². The van der Waals surface area contributed by atoms with Crippen LogP contribution >= 0.6 is 0 Å². The van der Waals surface area contributed by atoms with E-state index >= 15 is 0 Å². The summed E-state index contributed by atoms with van der Waals surface area (Å²) in [5, 5.41) is 12.5. The van der Waals surface area contributed by atoms with Crippen LogP contribution in [0.5, 0.6) is 0 Å². The van der Waals surface area contributed by atoms with Gasteiger partial charge in [0.25, 0.3) is 0 Å². The average Bonchev–Trinajstić information content (AvgIpc) is 3.25. The molecule has 2 saturated carbocycles. The third-order valence-electron chi connectivity index (χ3n) is 4.90. The fourth-order valence-electron chi connectivity index (χ4n) is 3.36. The van der Waals surface area contributed by atoms with Crippen LogP contribution in [-0.4, -0.2) is 37.1 Å². The number of rotatable bonds is 6. The van der Waals surface area contributed by atoms with Gasteiger partial charge in [-0.25, -0.2) is 0 Å². The molecule has 0 aromatic carbocycles. The molecule has 3 heteroatoms. The average molecular weight is 247 g/mol. The quantitative estimate of drug-likeness (QED) is 0.781. The molecular formula is C15H25N3. The van der Waals surface area contributed by atoms with Gasteiger partial charge >= 0.3 is 0 Å². The van der Waals surface area contributed by atoms with Crippen LogP contribution in [0, 0.1) is 22.7 Å². The van der Waals surface area contributed by atoms with Gasteiger partial charge in [0, 0.05) is 25.6 Å². The second-order valence-electron chi connectivity index (χ2n) is 6.71. The van der Waals surface area contributed by atoms with E-state index in [1.807, 2.05) is 0 Å². The standard InChI is InChI=1S/C15H25N3/c16-8-7-15(5-6-15)12-18(14-3-4-14)11-13-2-1-9-17-10-13/h13-14,17H,1-7,9-12H2. The lowest BCUT2D eigenvalue weighted by molar-refractivity contribution is 0.167. The van der Waals surface area contributed by atoms with Crippen LogP contribution in [0.3, 0.4) is 0 Å². The van der Waals surface area contributed by atoms with E-state index in [-0.39, 0.29) is 0 Å². The lowest BCUT2D eigenvalue weighted by Gasteiger charge is -2.32. The van der Waals surface area contributed by atoms with Crippen molar-refractivity contribution < 1.29 is 0 Å². The molecule has 3 rings (SSSR count). The molecule has 0 radical (unpaired) electrons. The summed E-state index contributed by atoms with van der Waals surface area (Å²) in [6, 6.07) is 3.25. The van der Waals surface area contributed by atoms with Gasteiger partial charge in [0.15, 0.2) is 0 Å². The summed E-state index contributed by atoms with van der Waals surface area (Å²) >= 11 is 0. The minimum absolute atomic E-state index is 0.388. The molecule has 1 unspecified atom stereocenters. The third-order valence-corrected chi connectivity index (χ3v) is 4.90. The van der Waals surface area contributed by atoms with Crippen molar-refractivity contribution in [2.75, 3.05) is 26.2 Å². The third kappa shape index (κ3) is 3.05. The molecule has 0 amide bonds. The molecule has 18 heavy (non-hydrogen) atoms. The summed E-state index contributed by atoms with van der Waals surface area (Å²) in [4.78, 5) is 2.72. The first kappa shape index (κ1) is 12.4. The minimum Gasteiger partial charge on any atom is -0.316 e. The van der Waals surface area contributed by atoms with Crippen molar-refractivity contribution in [3.8, 4) is 6.07 Å². The van der Waals surface area contributed by atoms with Gasteiger partial charge in [0.05, 0.1) is 6.07 Å². The van der Waals surface area contributed by atoms with E-state index in [2.05, 4.69) is 16.3 Å². The van der Waals surface area contributed by atoms with E-state index in [4.69, 9.17) is 5.26 Å². The number of nitrogens with one attached hydrogen (secondary N) is 1. The number of hydrogen-bond acceptors (Lipinski definition) is 3. The van der Waals surface area contributed by atoms with Crippen molar-refractivity contribution >= 4 is 0 Å². The van der Waals surface area contributed by atoms with Crippen molar-refractivity contribution in [1.29, 1.82) is 5.26 Å². The Bertz CT molecular complexity index is 319. The summed E-state index contributed by atoms with van der Waals surface area (Å²) in [6.07, 6.45) is 8.86. The number of nitrogens with zero attached hydrogens (tertiary/aromatic N) is 2. The summed E-state index contributed by atoms with van der Waals surface area (Å²) in [6.45, 7) is 4.87. The SMILES string of the molecule is N#CCC1(CN(CC2CCCNC2)C2CC2)CC1. The maximum atomic E-state index is 8.95. The van der Waals surface area contributed by atoms with E-state index in [0.29, 0.717) is 5.41 Å². The molecule has 1 saturated heterocycles. The van der Waals surface area contributed by atoms with Gasteiger partial charge in [-0.15, -0.1) is 0 Å². The van der Waals surface area contributed by atoms with Gasteiger partial charge < -0.3 is 5.32 Å². The molecule has 0 aromatic heterocycles. The zero-order valence-electron chi connectivity index (χ0n) is 11.3. The highest BCUT2D eigenvalue weighted by Crippen LogP contribution is 2.50. The maximum Gasteiger partial charge on any atom is 0.0628 e. The lowest BCUT2D eigenvalue weighted by Crippen LogP contribution is -2.41. The van der Waals surface area contributed by atoms with Gasteiger partial charge in [-0.2, -0.15) is 5.26 Å². The van der Waals surface area contributed by atoms with Gasteiger partial charge in [0.2, 0.25) is 0 Å². The van der Waals surface area contributed by atoms with Gasteiger partial charge in [-0.05, 0) is 62.9 Å². The van der Waals surface area contributed by atoms with Crippen molar-refractivity contribution in [2.45, 2.75) is 51.0 Å². The molecule has 0 aromatic rings. The fraction of sp³-hybridized carbons (Fsp3) is 0.933. The van der Waals surface area contributed by atoms with Crippen LogP contribution in [0.2, 0.25) is 0 Å². The van der Waals surface area contributed by atoms with Crippen LogP contribution in [0.15, 0.2) is 0 Å². The predicted octanol–water partition coefficient (Wildman–Crippen LogP) is 2.14. The Balaban J connectivity index is 1.53. The maximum absolute atomic E-state index is 8.95. The van der Waals surface area contributed by atoms with Crippen LogP contribution in [-0.2, 0) is 0 Å². The Morgan fingerprint density at radius 2 is 2.11 bits per heavy atom. The van der Waals surface area contributed by atoms with Crippen LogP contribution < -0.4 is 5.32 Å². The normalized spacial score (nSPS) is 30.1. The molecule has 2 aliphatic carbocycles. The molecule has 3 nitrogen and oxygen atoms in total. The predicted molar refractivity (Wildman–Crippen MR) is 72.1 cm³/mol. The van der Waals surface area contributed by atoms with Gasteiger partial charge in [-0.3, -0.25) is 4.90 Å². The van der Waals surface area contributed by atoms with Crippen molar-refractivity contribution in [3.05, 3.63) is 0 Å². The monoisotopic (exact) mass is 247 g/mol. The second kappa shape index (κ2) is 5.19. The smallest absolute Gasteiger partial charge is 0.0628 e. The molecule has 0 bridgehead atoms. The zero-order valence-corrected chi connectivity index (χ0v) is 11.3. The highest BCUT2D eigenvalue weighted by molar-refractivity contribution is 5.03. The molecule has 0 spiro atoms. The molecule has 1 aliphatic heterocycles. The molecule has 100 valence electrons. The Morgan fingerprint density at radius 1 is 1.28 bits per heavy atom. The molecule has 1 atom stereocenters. The molecular weight excluding hydrogens is 222 g/mol. The largest absolute Gasteiger partial charge is 0.316 e. The van der Waals surface area contributed by atoms with E-state index in [0.717, 1.165) is 18.4 Å². The summed E-state index contributed by atoms with van der Waals surface area (Å²) < 4.78 is 0. The first-order valence-electron chi connectivity index (χ1n) is 7.63. The molecule has 3 fully saturated rings. The van der Waals surface area contributed by atoms with Gasteiger partial charge in [-0.1, -0.05) is 0 Å². The minimum atomic E-state index is 0.388. The zero-order chi connectivity index (χ0) is 12.4. The topological polar surface area (TPSA) is 39.1 Å². The van der Waals surface area contributed by atoms with E-state index < -0.39 is 0 Å². The lowest BCUT2D eigenvalue weighted by atomic mass is 9.97. The van der Waals surface area contributed by atoms with E-state index in [9.17, 15) is 0 Å². The first-order valence-corrected chi connectivity index (χ1v) is 7.63. The van der Waals surface area contributed by atoms with Crippen LogP contribution in [0.25, 0.3) is 0 Å². The molecule has 1 heterocycles. The van der Waals surface area contributed by atoms with E-state index in [1.54, 1.807) is 0 Å². The summed E-state index contributed by atoms with van der Waals surface area (Å²) in [7, 11) is 0. The number of piperidine rings is 1. The van der Waals surface area contributed by atoms with Crippen LogP contribution in [0.1, 0.15) is 44.9 Å². The second-order valence-corrected chi connectivity index (χ2v) is 6.71. The number of nitriles is 1.